The second-order valence-corrected chi connectivity index (χ2v) is 2.79. The molecule has 0 aromatic carbocycles. The van der Waals surface area contributed by atoms with Crippen LogP contribution >= 0.6 is 0 Å². The number of primary amides is 1. The van der Waals surface area contributed by atoms with Gasteiger partial charge in [-0.25, -0.2) is 0 Å². The van der Waals surface area contributed by atoms with E-state index in [0.717, 1.165) is 0 Å². The highest BCUT2D eigenvalue weighted by Gasteiger charge is 2.12. The molecule has 1 aromatic heterocycles. The van der Waals surface area contributed by atoms with Gasteiger partial charge in [0.1, 0.15) is 12.1 Å². The van der Waals surface area contributed by atoms with Gasteiger partial charge in [-0.15, -0.1) is 0 Å². The Bertz CT molecular complexity index is 385. The number of rotatable bonds is 4. The van der Waals surface area contributed by atoms with Crippen LogP contribution in [0.3, 0.4) is 0 Å². The Kier molecular flexibility index (Phi) is 3.27. The molecular formula is C8H12N4O3. The predicted octanol–water partition coefficient (Wildman–Crippen LogP) is -0.873. The fourth-order valence-electron chi connectivity index (χ4n) is 1.05. The molecule has 0 saturated carbocycles. The van der Waals surface area contributed by atoms with Gasteiger partial charge in [0, 0.05) is 6.20 Å². The Hall–Kier alpha value is -2.05. The zero-order chi connectivity index (χ0) is 11.4. The fourth-order valence-corrected chi connectivity index (χ4v) is 1.05. The van der Waals surface area contributed by atoms with Gasteiger partial charge >= 0.3 is 5.97 Å². The lowest BCUT2D eigenvalue weighted by Crippen LogP contribution is -2.14. The summed E-state index contributed by atoms with van der Waals surface area (Å²) in [5.74, 6) is -1.12. The molecule has 1 rings (SSSR count). The molecule has 0 bridgehead atoms. The highest BCUT2D eigenvalue weighted by atomic mass is 16.5. The maximum atomic E-state index is 11.1. The molecular weight excluding hydrogens is 200 g/mol. The van der Waals surface area contributed by atoms with E-state index in [2.05, 4.69) is 5.10 Å². The summed E-state index contributed by atoms with van der Waals surface area (Å²) in [6, 6.07) is 0. The van der Waals surface area contributed by atoms with Crippen LogP contribution in [-0.4, -0.2) is 28.3 Å². The molecule has 1 aromatic rings. The summed E-state index contributed by atoms with van der Waals surface area (Å²) in [6.45, 7) is 1.90. The lowest BCUT2D eigenvalue weighted by molar-refractivity contribution is -0.144. The molecule has 0 atom stereocenters. The third-order valence-electron chi connectivity index (χ3n) is 1.65. The van der Waals surface area contributed by atoms with Crippen molar-refractivity contribution in [1.29, 1.82) is 0 Å². The van der Waals surface area contributed by atoms with E-state index in [9.17, 15) is 9.59 Å². The van der Waals surface area contributed by atoms with Crippen LogP contribution in [0.5, 0.6) is 0 Å². The van der Waals surface area contributed by atoms with Crippen LogP contribution < -0.4 is 11.5 Å². The molecule has 7 nitrogen and oxygen atoms in total. The summed E-state index contributed by atoms with van der Waals surface area (Å²) >= 11 is 0. The SMILES string of the molecule is CCOC(=O)Cn1cc(C(N)=O)c(N)n1. The summed E-state index contributed by atoms with van der Waals surface area (Å²) in [5.41, 5.74) is 10.5. The van der Waals surface area contributed by atoms with Gasteiger partial charge in [0.05, 0.1) is 6.61 Å². The average molecular weight is 212 g/mol. The maximum Gasteiger partial charge on any atom is 0.327 e. The highest BCUT2D eigenvalue weighted by molar-refractivity contribution is 5.96. The summed E-state index contributed by atoms with van der Waals surface area (Å²) in [4.78, 5) is 21.9. The maximum absolute atomic E-state index is 11.1. The molecule has 0 radical (unpaired) electrons. The van der Waals surface area contributed by atoms with E-state index in [-0.39, 0.29) is 24.5 Å². The van der Waals surface area contributed by atoms with Gasteiger partial charge in [-0.3, -0.25) is 14.3 Å². The van der Waals surface area contributed by atoms with Crippen LogP contribution in [0.2, 0.25) is 0 Å². The second-order valence-electron chi connectivity index (χ2n) is 2.79. The van der Waals surface area contributed by atoms with Crippen molar-refractivity contribution in [3.63, 3.8) is 0 Å². The van der Waals surface area contributed by atoms with Gasteiger partial charge < -0.3 is 16.2 Å². The smallest absolute Gasteiger partial charge is 0.327 e. The van der Waals surface area contributed by atoms with Crippen molar-refractivity contribution in [2.75, 3.05) is 12.3 Å². The standard InChI is InChI=1S/C8H12N4O3/c1-2-15-6(13)4-12-3-5(8(10)14)7(9)11-12/h3H,2,4H2,1H3,(H2,9,11)(H2,10,14). The molecule has 1 heterocycles. The molecule has 82 valence electrons. The molecule has 0 spiro atoms. The van der Waals surface area contributed by atoms with Gasteiger partial charge in [0.2, 0.25) is 0 Å². The molecule has 7 heteroatoms. The van der Waals surface area contributed by atoms with E-state index in [1.54, 1.807) is 6.92 Å². The van der Waals surface area contributed by atoms with Crippen molar-refractivity contribution >= 4 is 17.7 Å². The number of esters is 1. The minimum absolute atomic E-state index is 0.00629. The summed E-state index contributed by atoms with van der Waals surface area (Å²) in [5, 5.41) is 3.75. The molecule has 4 N–H and O–H groups in total. The van der Waals surface area contributed by atoms with E-state index >= 15 is 0 Å². The first-order valence-corrected chi connectivity index (χ1v) is 4.33. The van der Waals surface area contributed by atoms with Crippen molar-refractivity contribution in [2.45, 2.75) is 13.5 Å². The molecule has 0 aliphatic rings. The molecule has 0 unspecified atom stereocenters. The topological polar surface area (TPSA) is 113 Å². The number of nitrogens with two attached hydrogens (primary N) is 2. The summed E-state index contributed by atoms with van der Waals surface area (Å²) in [7, 11) is 0. The largest absolute Gasteiger partial charge is 0.465 e. The zero-order valence-electron chi connectivity index (χ0n) is 8.27. The first-order chi connectivity index (χ1) is 7.04. The third-order valence-corrected chi connectivity index (χ3v) is 1.65. The number of carbonyl (C=O) groups excluding carboxylic acids is 2. The Morgan fingerprint density at radius 1 is 1.60 bits per heavy atom. The van der Waals surface area contributed by atoms with Crippen molar-refractivity contribution in [3.8, 4) is 0 Å². The first-order valence-electron chi connectivity index (χ1n) is 4.33. The second kappa shape index (κ2) is 4.45. The number of carbonyl (C=O) groups is 2. The van der Waals surface area contributed by atoms with Crippen LogP contribution in [0.25, 0.3) is 0 Å². The van der Waals surface area contributed by atoms with Crippen molar-refractivity contribution in [3.05, 3.63) is 11.8 Å². The van der Waals surface area contributed by atoms with Crippen LogP contribution in [0, 0.1) is 0 Å². The Morgan fingerprint density at radius 2 is 2.27 bits per heavy atom. The number of ether oxygens (including phenoxy) is 1. The van der Waals surface area contributed by atoms with Crippen LogP contribution in [0.15, 0.2) is 6.20 Å². The van der Waals surface area contributed by atoms with Gasteiger partial charge in [-0.1, -0.05) is 0 Å². The number of hydrogen-bond donors (Lipinski definition) is 2. The van der Waals surface area contributed by atoms with E-state index in [4.69, 9.17) is 16.2 Å². The number of amides is 1. The molecule has 0 saturated heterocycles. The molecule has 0 aliphatic carbocycles. The van der Waals surface area contributed by atoms with E-state index in [1.165, 1.54) is 10.9 Å². The van der Waals surface area contributed by atoms with Crippen LogP contribution in [0.1, 0.15) is 17.3 Å². The van der Waals surface area contributed by atoms with E-state index < -0.39 is 11.9 Å². The molecule has 15 heavy (non-hydrogen) atoms. The average Bonchev–Trinajstić information content (AvgIpc) is 2.47. The van der Waals surface area contributed by atoms with Gasteiger partial charge in [-0.2, -0.15) is 5.10 Å². The highest BCUT2D eigenvalue weighted by Crippen LogP contribution is 2.07. The lowest BCUT2D eigenvalue weighted by atomic mass is 10.3. The third kappa shape index (κ3) is 2.70. The number of hydrogen-bond acceptors (Lipinski definition) is 5. The minimum Gasteiger partial charge on any atom is -0.465 e. The Labute approximate surface area is 86.0 Å². The van der Waals surface area contributed by atoms with Gasteiger partial charge in [0.25, 0.3) is 5.91 Å². The quantitative estimate of drug-likeness (QED) is 0.629. The fraction of sp³-hybridized carbons (Fsp3) is 0.375. The van der Waals surface area contributed by atoms with Gasteiger partial charge in [-0.05, 0) is 6.92 Å². The Morgan fingerprint density at radius 3 is 2.73 bits per heavy atom. The number of nitrogens with zero attached hydrogens (tertiary/aromatic N) is 2. The zero-order valence-corrected chi connectivity index (χ0v) is 8.27. The van der Waals surface area contributed by atoms with E-state index in [0.29, 0.717) is 0 Å². The number of aromatic nitrogens is 2. The van der Waals surface area contributed by atoms with Crippen molar-refractivity contribution < 1.29 is 14.3 Å². The Balaban J connectivity index is 2.75. The molecule has 0 fully saturated rings. The van der Waals surface area contributed by atoms with Crippen LogP contribution in [0.4, 0.5) is 5.82 Å². The number of nitrogen functional groups attached to an aromatic ring is 1. The normalized spacial score (nSPS) is 9.93. The first kappa shape index (κ1) is 11.0. The summed E-state index contributed by atoms with van der Waals surface area (Å²) < 4.78 is 5.91. The van der Waals surface area contributed by atoms with Gasteiger partial charge in [0.15, 0.2) is 5.82 Å². The predicted molar refractivity (Wildman–Crippen MR) is 51.8 cm³/mol. The monoisotopic (exact) mass is 212 g/mol. The number of anilines is 1. The molecule has 1 amide bonds. The molecule has 0 aliphatic heterocycles. The van der Waals surface area contributed by atoms with Crippen LogP contribution in [-0.2, 0) is 16.1 Å². The lowest BCUT2D eigenvalue weighted by Gasteiger charge is -2.00. The van der Waals surface area contributed by atoms with Crippen molar-refractivity contribution in [2.24, 2.45) is 5.73 Å². The summed E-state index contributed by atoms with van der Waals surface area (Å²) in [6.07, 6.45) is 1.31. The van der Waals surface area contributed by atoms with E-state index in [1.807, 2.05) is 0 Å². The minimum atomic E-state index is -0.678. The van der Waals surface area contributed by atoms with Crippen molar-refractivity contribution in [1.82, 2.24) is 9.78 Å².